The van der Waals surface area contributed by atoms with Gasteiger partial charge in [-0.3, -0.25) is 4.79 Å². The number of halogens is 1. The Morgan fingerprint density at radius 2 is 1.88 bits per heavy atom. The van der Waals surface area contributed by atoms with Crippen LogP contribution in [0.2, 0.25) is 5.02 Å². The highest BCUT2D eigenvalue weighted by atomic mass is 35.5. The van der Waals surface area contributed by atoms with Gasteiger partial charge in [-0.15, -0.1) is 11.8 Å². The highest BCUT2D eigenvalue weighted by Gasteiger charge is 2.14. The van der Waals surface area contributed by atoms with E-state index in [1.807, 2.05) is 43.3 Å². The number of carbonyl (C=O) groups is 1. The second-order valence-corrected chi connectivity index (χ2v) is 7.93. The average molecular weight is 377 g/mol. The fourth-order valence-corrected chi connectivity index (χ4v) is 3.38. The van der Waals surface area contributed by atoms with Crippen molar-refractivity contribution in [2.75, 3.05) is 13.6 Å². The molecule has 134 valence electrons. The maximum atomic E-state index is 12.3. The fraction of sp³-hybridized carbons (Fsp3) is 0.350. The summed E-state index contributed by atoms with van der Waals surface area (Å²) in [5, 5.41) is 3.57. The summed E-state index contributed by atoms with van der Waals surface area (Å²) in [6.07, 6.45) is 0. The first-order chi connectivity index (χ1) is 12.0. The summed E-state index contributed by atoms with van der Waals surface area (Å²) >= 11 is 7.42. The number of hydrogen-bond donors (Lipinski definition) is 1. The molecular formula is C20H25ClN2OS. The molecule has 3 nitrogen and oxygen atoms in total. The Hall–Kier alpha value is -1.49. The Morgan fingerprint density at radius 1 is 1.20 bits per heavy atom. The van der Waals surface area contributed by atoms with Crippen molar-refractivity contribution in [2.45, 2.75) is 37.1 Å². The molecule has 0 bridgehead atoms. The Kier molecular flexibility index (Phi) is 7.82. The monoisotopic (exact) mass is 376 g/mol. The minimum Gasteiger partial charge on any atom is -0.351 e. The number of rotatable bonds is 8. The molecule has 0 aliphatic heterocycles. The topological polar surface area (TPSA) is 32.3 Å². The van der Waals surface area contributed by atoms with Crippen LogP contribution in [0.25, 0.3) is 0 Å². The van der Waals surface area contributed by atoms with E-state index in [-0.39, 0.29) is 11.2 Å². The van der Waals surface area contributed by atoms with Crippen LogP contribution in [0.1, 0.15) is 25.0 Å². The van der Waals surface area contributed by atoms with E-state index in [0.29, 0.717) is 11.6 Å². The smallest absolute Gasteiger partial charge is 0.233 e. The number of nitrogens with zero attached hydrogens (tertiary/aromatic N) is 1. The van der Waals surface area contributed by atoms with Crippen molar-refractivity contribution < 1.29 is 4.79 Å². The lowest BCUT2D eigenvalue weighted by Crippen LogP contribution is -2.30. The Labute approximate surface area is 159 Å². The quantitative estimate of drug-likeness (QED) is 0.684. The largest absolute Gasteiger partial charge is 0.351 e. The van der Waals surface area contributed by atoms with Gasteiger partial charge in [0.15, 0.2) is 0 Å². The van der Waals surface area contributed by atoms with Crippen LogP contribution >= 0.6 is 23.4 Å². The van der Waals surface area contributed by atoms with Gasteiger partial charge in [0.25, 0.3) is 0 Å². The first kappa shape index (κ1) is 19.8. The third kappa shape index (κ3) is 6.73. The Balaban J connectivity index is 1.86. The number of nitrogens with one attached hydrogen (secondary N) is 1. The van der Waals surface area contributed by atoms with Crippen LogP contribution in [-0.4, -0.2) is 29.6 Å². The van der Waals surface area contributed by atoms with Crippen molar-refractivity contribution in [3.63, 3.8) is 0 Å². The zero-order valence-electron chi connectivity index (χ0n) is 15.0. The molecule has 0 fully saturated rings. The summed E-state index contributed by atoms with van der Waals surface area (Å²) in [5.41, 5.74) is 2.39. The molecule has 0 saturated carbocycles. The number of benzene rings is 2. The number of carbonyl (C=O) groups excluding carboxylic acids is 1. The van der Waals surface area contributed by atoms with Gasteiger partial charge < -0.3 is 10.2 Å². The van der Waals surface area contributed by atoms with Crippen molar-refractivity contribution >= 4 is 29.3 Å². The van der Waals surface area contributed by atoms with Crippen molar-refractivity contribution in [3.8, 4) is 0 Å². The molecule has 0 heterocycles. The molecule has 1 atom stereocenters. The van der Waals surface area contributed by atoms with Crippen LogP contribution in [-0.2, 0) is 17.9 Å². The van der Waals surface area contributed by atoms with E-state index < -0.39 is 0 Å². The SMILES string of the molecule is CCN(C)Cc1cccc(CNC(=O)C(C)Sc2ccc(Cl)cc2)c1. The van der Waals surface area contributed by atoms with E-state index in [1.54, 1.807) is 0 Å². The van der Waals surface area contributed by atoms with Gasteiger partial charge in [-0.05, 0) is 55.9 Å². The average Bonchev–Trinajstić information content (AvgIpc) is 2.61. The second-order valence-electron chi connectivity index (χ2n) is 6.08. The summed E-state index contributed by atoms with van der Waals surface area (Å²) in [7, 11) is 2.10. The Bertz CT molecular complexity index is 690. The maximum Gasteiger partial charge on any atom is 0.233 e. The summed E-state index contributed by atoms with van der Waals surface area (Å²) < 4.78 is 0. The minimum atomic E-state index is -0.157. The summed E-state index contributed by atoms with van der Waals surface area (Å²) in [6, 6.07) is 15.9. The Morgan fingerprint density at radius 3 is 2.56 bits per heavy atom. The predicted octanol–water partition coefficient (Wildman–Crippen LogP) is 4.59. The lowest BCUT2D eigenvalue weighted by atomic mass is 10.1. The van der Waals surface area contributed by atoms with Crippen LogP contribution in [0.3, 0.4) is 0 Å². The highest BCUT2D eigenvalue weighted by molar-refractivity contribution is 8.00. The first-order valence-corrected chi connectivity index (χ1v) is 9.70. The molecule has 0 spiro atoms. The van der Waals surface area contributed by atoms with E-state index in [2.05, 4.69) is 36.3 Å². The minimum absolute atomic E-state index is 0.0380. The van der Waals surface area contributed by atoms with Crippen molar-refractivity contribution in [2.24, 2.45) is 0 Å². The summed E-state index contributed by atoms with van der Waals surface area (Å²) in [5.74, 6) is 0.0380. The molecule has 0 saturated heterocycles. The molecule has 0 aliphatic carbocycles. The van der Waals surface area contributed by atoms with Gasteiger partial charge in [0.2, 0.25) is 5.91 Å². The van der Waals surface area contributed by atoms with Crippen LogP contribution in [0.5, 0.6) is 0 Å². The lowest BCUT2D eigenvalue weighted by molar-refractivity contribution is -0.120. The van der Waals surface area contributed by atoms with Gasteiger partial charge in [0, 0.05) is 23.0 Å². The predicted molar refractivity (Wildman–Crippen MR) is 107 cm³/mol. The van der Waals surface area contributed by atoms with Crippen LogP contribution in [0, 0.1) is 0 Å². The lowest BCUT2D eigenvalue weighted by Gasteiger charge is -2.15. The molecule has 1 unspecified atom stereocenters. The number of hydrogen-bond acceptors (Lipinski definition) is 3. The molecule has 0 radical (unpaired) electrons. The molecule has 2 aromatic carbocycles. The van der Waals surface area contributed by atoms with E-state index in [1.165, 1.54) is 17.3 Å². The van der Waals surface area contributed by atoms with Crippen molar-refractivity contribution in [1.29, 1.82) is 0 Å². The third-order valence-corrected chi connectivity index (χ3v) is 5.31. The zero-order chi connectivity index (χ0) is 18.2. The number of thioether (sulfide) groups is 1. The molecule has 25 heavy (non-hydrogen) atoms. The molecule has 1 N–H and O–H groups in total. The zero-order valence-corrected chi connectivity index (χ0v) is 16.5. The number of amides is 1. The van der Waals surface area contributed by atoms with Crippen LogP contribution < -0.4 is 5.32 Å². The highest BCUT2D eigenvalue weighted by Crippen LogP contribution is 2.24. The normalized spacial score (nSPS) is 12.2. The molecular weight excluding hydrogens is 352 g/mol. The van der Waals surface area contributed by atoms with Gasteiger partial charge in [0.05, 0.1) is 5.25 Å². The van der Waals surface area contributed by atoms with Gasteiger partial charge in [-0.1, -0.05) is 42.8 Å². The maximum absolute atomic E-state index is 12.3. The molecule has 0 aliphatic rings. The van der Waals surface area contributed by atoms with E-state index >= 15 is 0 Å². The second kappa shape index (κ2) is 9.85. The molecule has 0 aromatic heterocycles. The molecule has 2 rings (SSSR count). The van der Waals surface area contributed by atoms with E-state index in [9.17, 15) is 4.79 Å². The first-order valence-electron chi connectivity index (χ1n) is 8.44. The van der Waals surface area contributed by atoms with Crippen molar-refractivity contribution in [1.82, 2.24) is 10.2 Å². The van der Waals surface area contributed by atoms with Crippen molar-refractivity contribution in [3.05, 3.63) is 64.7 Å². The van der Waals surface area contributed by atoms with Gasteiger partial charge in [-0.2, -0.15) is 0 Å². The molecule has 2 aromatic rings. The van der Waals surface area contributed by atoms with Gasteiger partial charge in [0.1, 0.15) is 0 Å². The van der Waals surface area contributed by atoms with Gasteiger partial charge >= 0.3 is 0 Å². The van der Waals surface area contributed by atoms with Gasteiger partial charge in [-0.25, -0.2) is 0 Å². The standard InChI is InChI=1S/C20H25ClN2OS/c1-4-23(3)14-17-7-5-6-16(12-17)13-22-20(24)15(2)25-19-10-8-18(21)9-11-19/h5-12,15H,4,13-14H2,1-3H3,(H,22,24). The van der Waals surface area contributed by atoms with E-state index in [0.717, 1.165) is 23.5 Å². The summed E-state index contributed by atoms with van der Waals surface area (Å²) in [6.45, 7) is 6.54. The van der Waals surface area contributed by atoms with Crippen LogP contribution in [0.15, 0.2) is 53.4 Å². The van der Waals surface area contributed by atoms with Crippen LogP contribution in [0.4, 0.5) is 0 Å². The third-order valence-electron chi connectivity index (χ3n) is 3.95. The molecule has 1 amide bonds. The fourth-order valence-electron chi connectivity index (χ4n) is 2.37. The molecule has 5 heteroatoms. The summed E-state index contributed by atoms with van der Waals surface area (Å²) in [4.78, 5) is 15.6. The van der Waals surface area contributed by atoms with E-state index in [4.69, 9.17) is 11.6 Å².